The van der Waals surface area contributed by atoms with Crippen LogP contribution >= 0.6 is 0 Å². The van der Waals surface area contributed by atoms with E-state index in [4.69, 9.17) is 9.15 Å². The monoisotopic (exact) mass is 434 g/mol. The van der Waals surface area contributed by atoms with E-state index in [0.717, 1.165) is 57.5 Å². The van der Waals surface area contributed by atoms with Crippen LogP contribution in [0.2, 0.25) is 0 Å². The summed E-state index contributed by atoms with van der Waals surface area (Å²) in [6.07, 6.45) is 5.72. The van der Waals surface area contributed by atoms with Crippen molar-refractivity contribution in [2.45, 2.75) is 50.6 Å². The van der Waals surface area contributed by atoms with Gasteiger partial charge >= 0.3 is 0 Å². The number of methoxy groups -OCH3 is 1. The molecule has 1 unspecified atom stereocenters. The third-order valence-electron chi connectivity index (χ3n) is 6.10. The molecule has 0 bridgehead atoms. The van der Waals surface area contributed by atoms with Crippen LogP contribution in [0, 0.1) is 0 Å². The quantitative estimate of drug-likeness (QED) is 0.690. The summed E-state index contributed by atoms with van der Waals surface area (Å²) in [4.78, 5) is 2.43. The van der Waals surface area contributed by atoms with Crippen molar-refractivity contribution >= 4 is 10.0 Å². The molecule has 1 atom stereocenters. The van der Waals surface area contributed by atoms with Crippen LogP contribution in [0.4, 0.5) is 0 Å². The predicted molar refractivity (Wildman–Crippen MR) is 113 cm³/mol. The van der Waals surface area contributed by atoms with Crippen LogP contribution in [0.5, 0.6) is 5.75 Å². The molecule has 0 aliphatic carbocycles. The number of hydrogen-bond acceptors (Lipinski definition) is 7. The Hall–Kier alpha value is -1.97. The van der Waals surface area contributed by atoms with Crippen molar-refractivity contribution in [1.82, 2.24) is 19.4 Å². The number of ether oxygens (including phenoxy) is 1. The Morgan fingerprint density at radius 2 is 1.87 bits per heavy atom. The summed E-state index contributed by atoms with van der Waals surface area (Å²) < 4.78 is 37.1. The van der Waals surface area contributed by atoms with Gasteiger partial charge in [-0.2, -0.15) is 4.31 Å². The smallest absolute Gasteiger partial charge is 0.234 e. The number of benzene rings is 1. The third kappa shape index (κ3) is 4.84. The molecule has 164 valence electrons. The van der Waals surface area contributed by atoms with Gasteiger partial charge < -0.3 is 9.15 Å². The van der Waals surface area contributed by atoms with Gasteiger partial charge in [-0.05, 0) is 56.5 Å². The number of likely N-dealkylation sites (tertiary alicyclic amines) is 1. The van der Waals surface area contributed by atoms with Crippen LogP contribution in [-0.4, -0.2) is 60.8 Å². The van der Waals surface area contributed by atoms with Crippen molar-refractivity contribution in [3.63, 3.8) is 0 Å². The molecular formula is C21H30N4O4S. The lowest BCUT2D eigenvalue weighted by molar-refractivity contribution is 0.184. The minimum absolute atomic E-state index is 0.225. The number of sulfonamides is 1. The Balaban J connectivity index is 1.37. The highest BCUT2D eigenvalue weighted by atomic mass is 32.2. The number of rotatable bonds is 6. The first-order valence-corrected chi connectivity index (χ1v) is 12.4. The highest BCUT2D eigenvalue weighted by Crippen LogP contribution is 2.34. The lowest BCUT2D eigenvalue weighted by atomic mass is 9.96. The van der Waals surface area contributed by atoms with Crippen LogP contribution in [0.1, 0.15) is 61.4 Å². The zero-order valence-corrected chi connectivity index (χ0v) is 18.5. The summed E-state index contributed by atoms with van der Waals surface area (Å²) in [5.41, 5.74) is 1.24. The van der Waals surface area contributed by atoms with Crippen molar-refractivity contribution in [3.05, 3.63) is 41.6 Å². The summed E-state index contributed by atoms with van der Waals surface area (Å²) >= 11 is 0. The molecule has 0 amide bonds. The first kappa shape index (κ1) is 21.3. The molecule has 1 aromatic heterocycles. The van der Waals surface area contributed by atoms with Crippen molar-refractivity contribution in [3.8, 4) is 5.75 Å². The summed E-state index contributed by atoms with van der Waals surface area (Å²) in [6.45, 7) is 3.32. The van der Waals surface area contributed by atoms with Gasteiger partial charge in [0.05, 0.1) is 13.4 Å². The van der Waals surface area contributed by atoms with Crippen molar-refractivity contribution in [1.29, 1.82) is 0 Å². The van der Waals surface area contributed by atoms with E-state index in [-0.39, 0.29) is 12.0 Å². The second-order valence-corrected chi connectivity index (χ2v) is 10.2. The Bertz CT molecular complexity index is 953. The van der Waals surface area contributed by atoms with E-state index >= 15 is 0 Å². The molecule has 2 fully saturated rings. The Labute approximate surface area is 178 Å². The predicted octanol–water partition coefficient (Wildman–Crippen LogP) is 2.94. The highest BCUT2D eigenvalue weighted by molar-refractivity contribution is 7.88. The minimum Gasteiger partial charge on any atom is -0.497 e. The average molecular weight is 435 g/mol. The molecule has 9 heteroatoms. The molecule has 2 aromatic rings. The van der Waals surface area contributed by atoms with Crippen molar-refractivity contribution in [2.75, 3.05) is 33.0 Å². The Kier molecular flexibility index (Phi) is 6.40. The maximum Gasteiger partial charge on any atom is 0.234 e. The van der Waals surface area contributed by atoms with Gasteiger partial charge in [-0.1, -0.05) is 18.6 Å². The van der Waals surface area contributed by atoms with Gasteiger partial charge in [-0.3, -0.25) is 4.90 Å². The fraction of sp³-hybridized carbons (Fsp3) is 0.619. The molecule has 0 saturated carbocycles. The molecule has 2 aliphatic rings. The Morgan fingerprint density at radius 3 is 2.60 bits per heavy atom. The maximum absolute atomic E-state index is 12.1. The lowest BCUT2D eigenvalue weighted by Gasteiger charge is -2.31. The molecule has 1 aromatic carbocycles. The largest absolute Gasteiger partial charge is 0.497 e. The molecule has 8 nitrogen and oxygen atoms in total. The van der Waals surface area contributed by atoms with Gasteiger partial charge in [-0.25, -0.2) is 8.42 Å². The number of hydrogen-bond donors (Lipinski definition) is 0. The van der Waals surface area contributed by atoms with E-state index < -0.39 is 10.0 Å². The summed E-state index contributed by atoms with van der Waals surface area (Å²) in [5.74, 6) is 2.19. The standard InChI is InChI=1S/C21H30N4O4S/c1-28-18-7-5-6-16(14-18)15-24-12-9-17(10-13-24)20-22-23-21(29-20)19-8-3-4-11-25(19)30(2,26)27/h5-7,14,17,19H,3-4,8-13,15H2,1-2H3. The van der Waals surface area contributed by atoms with Gasteiger partial charge in [0.2, 0.25) is 21.8 Å². The second-order valence-electron chi connectivity index (χ2n) is 8.27. The normalized spacial score (nSPS) is 22.3. The Morgan fingerprint density at radius 1 is 1.10 bits per heavy atom. The number of nitrogens with zero attached hydrogens (tertiary/aromatic N) is 4. The van der Waals surface area contributed by atoms with Crippen LogP contribution in [0.15, 0.2) is 28.7 Å². The zero-order chi connectivity index (χ0) is 21.1. The van der Waals surface area contributed by atoms with Gasteiger partial charge in [0.25, 0.3) is 0 Å². The third-order valence-corrected chi connectivity index (χ3v) is 7.39. The molecular weight excluding hydrogens is 404 g/mol. The molecule has 0 spiro atoms. The molecule has 0 N–H and O–H groups in total. The van der Waals surface area contributed by atoms with E-state index in [9.17, 15) is 8.42 Å². The molecule has 4 rings (SSSR count). The number of piperidine rings is 2. The first-order chi connectivity index (χ1) is 14.4. The highest BCUT2D eigenvalue weighted by Gasteiger charge is 2.35. The fourth-order valence-electron chi connectivity index (χ4n) is 4.46. The second kappa shape index (κ2) is 9.03. The van der Waals surface area contributed by atoms with Crippen molar-refractivity contribution in [2.24, 2.45) is 0 Å². The van der Waals surface area contributed by atoms with E-state index in [1.165, 1.54) is 16.1 Å². The van der Waals surface area contributed by atoms with Crippen LogP contribution in [-0.2, 0) is 16.6 Å². The molecule has 0 radical (unpaired) electrons. The van der Waals surface area contributed by atoms with Gasteiger partial charge in [0.1, 0.15) is 11.8 Å². The summed E-state index contributed by atoms with van der Waals surface area (Å²) in [7, 11) is -1.60. The SMILES string of the molecule is COc1cccc(CN2CCC(c3nnc(C4CCCCN4S(C)(=O)=O)o3)CC2)c1. The van der Waals surface area contributed by atoms with Gasteiger partial charge in [0, 0.05) is 19.0 Å². The number of aromatic nitrogens is 2. The zero-order valence-electron chi connectivity index (χ0n) is 17.7. The lowest BCUT2D eigenvalue weighted by Crippen LogP contribution is -2.37. The van der Waals surface area contributed by atoms with E-state index in [1.807, 2.05) is 12.1 Å². The minimum atomic E-state index is -3.29. The first-order valence-electron chi connectivity index (χ1n) is 10.6. The van der Waals surface area contributed by atoms with Crippen LogP contribution in [0.25, 0.3) is 0 Å². The van der Waals surface area contributed by atoms with Gasteiger partial charge in [0.15, 0.2) is 0 Å². The van der Waals surface area contributed by atoms with Gasteiger partial charge in [-0.15, -0.1) is 10.2 Å². The average Bonchev–Trinajstić information content (AvgIpc) is 3.24. The molecule has 2 saturated heterocycles. The molecule has 30 heavy (non-hydrogen) atoms. The van der Waals surface area contributed by atoms with E-state index in [2.05, 4.69) is 27.2 Å². The van der Waals surface area contributed by atoms with E-state index in [1.54, 1.807) is 7.11 Å². The summed E-state index contributed by atoms with van der Waals surface area (Å²) in [5, 5.41) is 8.52. The maximum atomic E-state index is 12.1. The van der Waals surface area contributed by atoms with Crippen molar-refractivity contribution < 1.29 is 17.6 Å². The van der Waals surface area contributed by atoms with Crippen LogP contribution in [0.3, 0.4) is 0 Å². The fourth-order valence-corrected chi connectivity index (χ4v) is 5.58. The topological polar surface area (TPSA) is 88.8 Å². The summed E-state index contributed by atoms with van der Waals surface area (Å²) in [6, 6.07) is 7.85. The van der Waals surface area contributed by atoms with E-state index in [0.29, 0.717) is 18.3 Å². The molecule has 3 heterocycles. The van der Waals surface area contributed by atoms with Crippen LogP contribution < -0.4 is 4.74 Å². The molecule has 2 aliphatic heterocycles.